The van der Waals surface area contributed by atoms with Crippen molar-refractivity contribution in [1.29, 1.82) is 0 Å². The third-order valence-electron chi connectivity index (χ3n) is 3.09. The maximum Gasteiger partial charge on any atom is 0.119 e. The van der Waals surface area contributed by atoms with Crippen LogP contribution in [0.15, 0.2) is 30.3 Å². The minimum Gasteiger partial charge on any atom is -0.491 e. The first-order chi connectivity index (χ1) is 9.58. The number of anilines is 1. The van der Waals surface area contributed by atoms with E-state index in [1.165, 1.54) is 5.69 Å². The zero-order valence-electron chi connectivity index (χ0n) is 12.7. The molecule has 108 valence electrons. The van der Waals surface area contributed by atoms with Crippen molar-refractivity contribution in [2.75, 3.05) is 5.32 Å². The van der Waals surface area contributed by atoms with Crippen molar-refractivity contribution in [2.24, 2.45) is 7.05 Å². The number of hydrogen-bond acceptors (Lipinski definition) is 3. The van der Waals surface area contributed by atoms with Gasteiger partial charge in [0, 0.05) is 12.7 Å². The van der Waals surface area contributed by atoms with Crippen LogP contribution in [0.3, 0.4) is 0 Å². The van der Waals surface area contributed by atoms with E-state index in [9.17, 15) is 0 Å². The predicted molar refractivity (Wildman–Crippen MR) is 82.1 cm³/mol. The molecule has 0 saturated heterocycles. The molecule has 0 aliphatic carbocycles. The second-order valence-electron chi connectivity index (χ2n) is 5.15. The number of benzene rings is 1. The van der Waals surface area contributed by atoms with Crippen LogP contribution < -0.4 is 10.1 Å². The molecule has 0 aliphatic heterocycles. The van der Waals surface area contributed by atoms with Crippen molar-refractivity contribution in [3.63, 3.8) is 0 Å². The van der Waals surface area contributed by atoms with Crippen LogP contribution in [0.4, 0.5) is 5.69 Å². The van der Waals surface area contributed by atoms with Gasteiger partial charge in [0.1, 0.15) is 5.75 Å². The van der Waals surface area contributed by atoms with Gasteiger partial charge in [0.15, 0.2) is 0 Å². The van der Waals surface area contributed by atoms with Crippen LogP contribution in [-0.2, 0) is 20.0 Å². The summed E-state index contributed by atoms with van der Waals surface area (Å²) in [6.45, 7) is 6.95. The van der Waals surface area contributed by atoms with Crippen molar-refractivity contribution in [3.8, 4) is 5.75 Å². The molecule has 0 spiro atoms. The van der Waals surface area contributed by atoms with Gasteiger partial charge in [-0.1, -0.05) is 6.92 Å². The van der Waals surface area contributed by atoms with Gasteiger partial charge in [-0.15, -0.1) is 0 Å². The molecule has 1 N–H and O–H groups in total. The molecule has 2 aromatic rings. The lowest BCUT2D eigenvalue weighted by molar-refractivity contribution is 0.242. The molecule has 0 amide bonds. The Bertz CT molecular complexity index is 543. The minimum atomic E-state index is 0.204. The summed E-state index contributed by atoms with van der Waals surface area (Å²) in [7, 11) is 1.98. The molecule has 4 nitrogen and oxygen atoms in total. The van der Waals surface area contributed by atoms with E-state index >= 15 is 0 Å². The monoisotopic (exact) mass is 273 g/mol. The third-order valence-corrected chi connectivity index (χ3v) is 3.09. The fraction of sp³-hybridized carbons (Fsp3) is 0.438. The number of aromatic nitrogens is 2. The van der Waals surface area contributed by atoms with Crippen LogP contribution in [-0.4, -0.2) is 15.9 Å². The van der Waals surface area contributed by atoms with Crippen LogP contribution in [0.2, 0.25) is 0 Å². The second-order valence-corrected chi connectivity index (χ2v) is 5.15. The summed E-state index contributed by atoms with van der Waals surface area (Å²) in [4.78, 5) is 0. The molecule has 0 fully saturated rings. The zero-order chi connectivity index (χ0) is 14.5. The Labute approximate surface area is 120 Å². The topological polar surface area (TPSA) is 39.1 Å². The van der Waals surface area contributed by atoms with Gasteiger partial charge in [0.25, 0.3) is 0 Å². The van der Waals surface area contributed by atoms with Gasteiger partial charge in [0.05, 0.1) is 24.0 Å². The van der Waals surface area contributed by atoms with Gasteiger partial charge in [-0.05, 0) is 50.6 Å². The molecule has 0 aliphatic rings. The summed E-state index contributed by atoms with van der Waals surface area (Å²) in [6, 6.07) is 10.2. The molecule has 0 bridgehead atoms. The van der Waals surface area contributed by atoms with Crippen molar-refractivity contribution in [2.45, 2.75) is 39.8 Å². The summed E-state index contributed by atoms with van der Waals surface area (Å²) in [5, 5.41) is 7.85. The first-order valence-corrected chi connectivity index (χ1v) is 7.11. The quantitative estimate of drug-likeness (QED) is 0.877. The van der Waals surface area contributed by atoms with Crippen molar-refractivity contribution in [1.82, 2.24) is 9.78 Å². The summed E-state index contributed by atoms with van der Waals surface area (Å²) >= 11 is 0. The van der Waals surface area contributed by atoms with E-state index in [1.54, 1.807) is 0 Å². The van der Waals surface area contributed by atoms with Crippen LogP contribution in [0.5, 0.6) is 5.75 Å². The van der Waals surface area contributed by atoms with Crippen LogP contribution in [0, 0.1) is 0 Å². The Morgan fingerprint density at radius 1 is 1.25 bits per heavy atom. The highest BCUT2D eigenvalue weighted by Gasteiger charge is 2.03. The van der Waals surface area contributed by atoms with E-state index in [0.29, 0.717) is 0 Å². The molecular formula is C16H23N3O. The lowest BCUT2D eigenvalue weighted by Gasteiger charge is -2.11. The lowest BCUT2D eigenvalue weighted by Crippen LogP contribution is -2.06. The van der Waals surface area contributed by atoms with Crippen molar-refractivity contribution < 1.29 is 4.74 Å². The number of nitrogens with one attached hydrogen (secondary N) is 1. The Balaban J connectivity index is 1.94. The molecule has 1 heterocycles. The fourth-order valence-electron chi connectivity index (χ4n) is 2.03. The number of aryl methyl sites for hydroxylation is 2. The summed E-state index contributed by atoms with van der Waals surface area (Å²) < 4.78 is 7.56. The molecule has 1 aromatic carbocycles. The molecule has 20 heavy (non-hydrogen) atoms. The number of rotatable bonds is 6. The molecule has 0 saturated carbocycles. The average Bonchev–Trinajstić information content (AvgIpc) is 2.78. The molecule has 0 radical (unpaired) electrons. The van der Waals surface area contributed by atoms with Crippen LogP contribution in [0.1, 0.15) is 32.2 Å². The van der Waals surface area contributed by atoms with Gasteiger partial charge >= 0.3 is 0 Å². The maximum atomic E-state index is 5.63. The summed E-state index contributed by atoms with van der Waals surface area (Å²) in [5.41, 5.74) is 3.40. The predicted octanol–water partition coefficient (Wildman–Crippen LogP) is 3.38. The Hall–Kier alpha value is -1.97. The first-order valence-electron chi connectivity index (χ1n) is 7.11. The Morgan fingerprint density at radius 3 is 2.50 bits per heavy atom. The van der Waals surface area contributed by atoms with Crippen LogP contribution in [0.25, 0.3) is 0 Å². The lowest BCUT2D eigenvalue weighted by atomic mass is 10.2. The number of hydrogen-bond donors (Lipinski definition) is 1. The smallest absolute Gasteiger partial charge is 0.119 e. The largest absolute Gasteiger partial charge is 0.491 e. The highest BCUT2D eigenvalue weighted by atomic mass is 16.5. The number of ether oxygens (including phenoxy) is 1. The minimum absolute atomic E-state index is 0.204. The Morgan fingerprint density at radius 2 is 1.95 bits per heavy atom. The zero-order valence-corrected chi connectivity index (χ0v) is 12.7. The van der Waals surface area contributed by atoms with E-state index in [1.807, 2.05) is 49.8 Å². The average molecular weight is 273 g/mol. The maximum absolute atomic E-state index is 5.63. The van der Waals surface area contributed by atoms with Crippen LogP contribution >= 0.6 is 0 Å². The van der Waals surface area contributed by atoms with Gasteiger partial charge in [-0.25, -0.2) is 0 Å². The fourth-order valence-corrected chi connectivity index (χ4v) is 2.03. The third kappa shape index (κ3) is 3.76. The van der Waals surface area contributed by atoms with Gasteiger partial charge in [-0.3, -0.25) is 4.68 Å². The van der Waals surface area contributed by atoms with Gasteiger partial charge < -0.3 is 10.1 Å². The highest BCUT2D eigenvalue weighted by molar-refractivity contribution is 5.46. The van der Waals surface area contributed by atoms with E-state index in [4.69, 9.17) is 4.74 Å². The normalized spacial score (nSPS) is 10.8. The van der Waals surface area contributed by atoms with Crippen molar-refractivity contribution >= 4 is 5.69 Å². The van der Waals surface area contributed by atoms with E-state index < -0.39 is 0 Å². The second kappa shape index (κ2) is 6.46. The van der Waals surface area contributed by atoms with Crippen molar-refractivity contribution in [3.05, 3.63) is 41.7 Å². The first kappa shape index (κ1) is 14.4. The standard InChI is InChI=1S/C16H23N3O/c1-5-13-10-15(19(4)18-13)11-17-14-6-8-16(9-7-14)20-12(2)3/h6-10,12,17H,5,11H2,1-4H3. The van der Waals surface area contributed by atoms with Gasteiger partial charge in [-0.2, -0.15) is 5.10 Å². The van der Waals surface area contributed by atoms with E-state index in [2.05, 4.69) is 23.4 Å². The Kier molecular flexibility index (Phi) is 4.66. The molecule has 4 heteroatoms. The molecule has 1 aromatic heterocycles. The number of nitrogens with zero attached hydrogens (tertiary/aromatic N) is 2. The van der Waals surface area contributed by atoms with Gasteiger partial charge in [0.2, 0.25) is 0 Å². The molecule has 2 rings (SSSR count). The summed E-state index contributed by atoms with van der Waals surface area (Å²) in [5.74, 6) is 0.902. The SMILES string of the molecule is CCc1cc(CNc2ccc(OC(C)C)cc2)n(C)n1. The summed E-state index contributed by atoms with van der Waals surface area (Å²) in [6.07, 6.45) is 1.17. The molecule has 0 unspecified atom stereocenters. The van der Waals surface area contributed by atoms with E-state index in [-0.39, 0.29) is 6.10 Å². The molecule has 0 atom stereocenters. The van der Waals surface area contributed by atoms with E-state index in [0.717, 1.165) is 30.1 Å². The molecular weight excluding hydrogens is 250 g/mol. The highest BCUT2D eigenvalue weighted by Crippen LogP contribution is 2.17.